The van der Waals surface area contributed by atoms with E-state index in [2.05, 4.69) is 31.4 Å². The fourth-order valence-electron chi connectivity index (χ4n) is 4.15. The number of hydrogen-bond acceptors (Lipinski definition) is 2. The van der Waals surface area contributed by atoms with Gasteiger partial charge in [-0.3, -0.25) is 0 Å². The highest BCUT2D eigenvalue weighted by atomic mass is 15.0. The van der Waals surface area contributed by atoms with Crippen molar-refractivity contribution in [3.63, 3.8) is 0 Å². The molecule has 0 spiro atoms. The van der Waals surface area contributed by atoms with Crippen LogP contribution < -0.4 is 10.6 Å². The lowest BCUT2D eigenvalue weighted by molar-refractivity contribution is 0.253. The first-order valence-corrected chi connectivity index (χ1v) is 9.09. The lowest BCUT2D eigenvalue weighted by Crippen LogP contribution is -2.45. The Labute approximate surface area is 126 Å². The van der Waals surface area contributed by atoms with Crippen LogP contribution in [0.15, 0.2) is 0 Å². The van der Waals surface area contributed by atoms with E-state index in [1.165, 1.54) is 70.9 Å². The minimum Gasteiger partial charge on any atom is -0.314 e. The molecule has 2 rings (SSSR count). The summed E-state index contributed by atoms with van der Waals surface area (Å²) in [6.07, 6.45) is 12.5. The summed E-state index contributed by atoms with van der Waals surface area (Å²) < 4.78 is 0. The topological polar surface area (TPSA) is 24.1 Å². The third-order valence-corrected chi connectivity index (χ3v) is 5.48. The largest absolute Gasteiger partial charge is 0.314 e. The van der Waals surface area contributed by atoms with Crippen molar-refractivity contribution >= 4 is 0 Å². The molecule has 1 aliphatic carbocycles. The van der Waals surface area contributed by atoms with Crippen LogP contribution in [0.3, 0.4) is 0 Å². The minimum atomic E-state index is 0.464. The second kappa shape index (κ2) is 7.79. The van der Waals surface area contributed by atoms with Gasteiger partial charge in [0.2, 0.25) is 0 Å². The van der Waals surface area contributed by atoms with Crippen LogP contribution >= 0.6 is 0 Å². The Morgan fingerprint density at radius 3 is 2.65 bits per heavy atom. The van der Waals surface area contributed by atoms with Crippen molar-refractivity contribution in [2.24, 2.45) is 11.3 Å². The summed E-state index contributed by atoms with van der Waals surface area (Å²) in [7, 11) is 0. The summed E-state index contributed by atoms with van der Waals surface area (Å²) in [5, 5.41) is 7.66. The van der Waals surface area contributed by atoms with Crippen LogP contribution in [0.25, 0.3) is 0 Å². The summed E-state index contributed by atoms with van der Waals surface area (Å²) >= 11 is 0. The monoisotopic (exact) mass is 280 g/mol. The Morgan fingerprint density at radius 1 is 1.10 bits per heavy atom. The van der Waals surface area contributed by atoms with Gasteiger partial charge in [-0.15, -0.1) is 0 Å². The first kappa shape index (κ1) is 16.3. The maximum Gasteiger partial charge on any atom is 0.0111 e. The number of nitrogens with one attached hydrogen (secondary N) is 2. The zero-order chi connectivity index (χ0) is 14.4. The predicted molar refractivity (Wildman–Crippen MR) is 88.1 cm³/mol. The third kappa shape index (κ3) is 4.73. The third-order valence-electron chi connectivity index (χ3n) is 5.48. The van der Waals surface area contributed by atoms with Crippen LogP contribution in [0.2, 0.25) is 0 Å². The smallest absolute Gasteiger partial charge is 0.0111 e. The summed E-state index contributed by atoms with van der Waals surface area (Å²) in [4.78, 5) is 0. The standard InChI is InChI=1S/C18H36N2/c1-4-5-6-12-18(2,3)14-20-17-10-7-9-15(17)16-11-8-13-19-16/h15-17,19-20H,4-14H2,1-3H3. The first-order chi connectivity index (χ1) is 9.62. The quantitative estimate of drug-likeness (QED) is 0.654. The minimum absolute atomic E-state index is 0.464. The number of rotatable bonds is 8. The van der Waals surface area contributed by atoms with E-state index in [4.69, 9.17) is 0 Å². The molecule has 1 aliphatic heterocycles. The molecule has 20 heavy (non-hydrogen) atoms. The van der Waals surface area contributed by atoms with Crippen molar-refractivity contribution in [1.82, 2.24) is 10.6 Å². The molecule has 1 saturated heterocycles. The van der Waals surface area contributed by atoms with Crippen molar-refractivity contribution in [3.05, 3.63) is 0 Å². The molecule has 3 unspecified atom stereocenters. The Bertz CT molecular complexity index is 269. The summed E-state index contributed by atoms with van der Waals surface area (Å²) in [5.74, 6) is 0.893. The van der Waals surface area contributed by atoms with E-state index in [1.807, 2.05) is 0 Å². The lowest BCUT2D eigenvalue weighted by atomic mass is 9.85. The molecule has 1 saturated carbocycles. The van der Waals surface area contributed by atoms with E-state index >= 15 is 0 Å². The van der Waals surface area contributed by atoms with Gasteiger partial charge in [-0.25, -0.2) is 0 Å². The maximum absolute atomic E-state index is 3.94. The van der Waals surface area contributed by atoms with Crippen molar-refractivity contribution in [1.29, 1.82) is 0 Å². The SMILES string of the molecule is CCCCCC(C)(C)CNC1CCCC1C1CCCN1. The molecule has 2 aliphatic rings. The average molecular weight is 280 g/mol. The van der Waals surface area contributed by atoms with Gasteiger partial charge in [0.1, 0.15) is 0 Å². The van der Waals surface area contributed by atoms with Crippen LogP contribution in [-0.4, -0.2) is 25.2 Å². The molecule has 2 nitrogen and oxygen atoms in total. The Morgan fingerprint density at radius 2 is 1.95 bits per heavy atom. The van der Waals surface area contributed by atoms with Gasteiger partial charge in [-0.1, -0.05) is 46.5 Å². The molecule has 0 aromatic carbocycles. The fraction of sp³-hybridized carbons (Fsp3) is 1.00. The molecular formula is C18H36N2. The number of hydrogen-bond donors (Lipinski definition) is 2. The van der Waals surface area contributed by atoms with Crippen molar-refractivity contribution in [2.45, 2.75) is 90.6 Å². The van der Waals surface area contributed by atoms with Crippen LogP contribution in [-0.2, 0) is 0 Å². The zero-order valence-corrected chi connectivity index (χ0v) is 14.0. The lowest BCUT2D eigenvalue weighted by Gasteiger charge is -2.31. The summed E-state index contributed by atoms with van der Waals surface area (Å²) in [5.41, 5.74) is 0.464. The average Bonchev–Trinajstić information content (AvgIpc) is 3.07. The molecule has 0 bridgehead atoms. The van der Waals surface area contributed by atoms with Gasteiger partial charge in [-0.05, 0) is 50.0 Å². The molecule has 2 fully saturated rings. The molecule has 118 valence electrons. The first-order valence-electron chi connectivity index (χ1n) is 9.09. The van der Waals surface area contributed by atoms with Crippen LogP contribution in [0.1, 0.15) is 78.6 Å². The van der Waals surface area contributed by atoms with E-state index < -0.39 is 0 Å². The van der Waals surface area contributed by atoms with Gasteiger partial charge in [0.15, 0.2) is 0 Å². The molecule has 3 atom stereocenters. The van der Waals surface area contributed by atoms with Gasteiger partial charge < -0.3 is 10.6 Å². The second-order valence-corrected chi connectivity index (χ2v) is 7.91. The van der Waals surface area contributed by atoms with Crippen molar-refractivity contribution < 1.29 is 0 Å². The highest BCUT2D eigenvalue weighted by Gasteiger charge is 2.35. The predicted octanol–water partition coefficient (Wildman–Crippen LogP) is 4.10. The van der Waals surface area contributed by atoms with Crippen LogP contribution in [0.5, 0.6) is 0 Å². The Balaban J connectivity index is 1.74. The van der Waals surface area contributed by atoms with E-state index in [-0.39, 0.29) is 0 Å². The van der Waals surface area contributed by atoms with Crippen LogP contribution in [0, 0.1) is 11.3 Å². The van der Waals surface area contributed by atoms with E-state index in [0.29, 0.717) is 5.41 Å². The molecule has 2 N–H and O–H groups in total. The molecule has 0 radical (unpaired) electrons. The summed E-state index contributed by atoms with van der Waals surface area (Å²) in [6, 6.07) is 1.58. The number of unbranched alkanes of at least 4 members (excludes halogenated alkanes) is 2. The van der Waals surface area contributed by atoms with Gasteiger partial charge in [0.25, 0.3) is 0 Å². The second-order valence-electron chi connectivity index (χ2n) is 7.91. The fourth-order valence-corrected chi connectivity index (χ4v) is 4.15. The highest BCUT2D eigenvalue weighted by Crippen LogP contribution is 2.33. The normalized spacial score (nSPS) is 31.1. The van der Waals surface area contributed by atoms with E-state index in [1.54, 1.807) is 0 Å². The molecular weight excluding hydrogens is 244 g/mol. The van der Waals surface area contributed by atoms with Crippen molar-refractivity contribution in [2.75, 3.05) is 13.1 Å². The van der Waals surface area contributed by atoms with Gasteiger partial charge in [-0.2, -0.15) is 0 Å². The van der Waals surface area contributed by atoms with Crippen LogP contribution in [0.4, 0.5) is 0 Å². The van der Waals surface area contributed by atoms with Gasteiger partial charge in [0.05, 0.1) is 0 Å². The molecule has 0 aromatic heterocycles. The van der Waals surface area contributed by atoms with Crippen molar-refractivity contribution in [3.8, 4) is 0 Å². The molecule has 2 heteroatoms. The Kier molecular flexibility index (Phi) is 6.35. The highest BCUT2D eigenvalue weighted by molar-refractivity contribution is 4.93. The molecule has 0 amide bonds. The maximum atomic E-state index is 3.94. The van der Waals surface area contributed by atoms with Gasteiger partial charge >= 0.3 is 0 Å². The van der Waals surface area contributed by atoms with E-state index in [0.717, 1.165) is 18.0 Å². The van der Waals surface area contributed by atoms with Gasteiger partial charge in [0, 0.05) is 18.6 Å². The summed E-state index contributed by atoms with van der Waals surface area (Å²) in [6.45, 7) is 9.62. The zero-order valence-electron chi connectivity index (χ0n) is 14.0. The van der Waals surface area contributed by atoms with E-state index in [9.17, 15) is 0 Å². The Hall–Kier alpha value is -0.0800. The molecule has 1 heterocycles. The molecule has 0 aromatic rings.